The number of pyridine rings is 1. The lowest BCUT2D eigenvalue weighted by atomic mass is 9.95. The fourth-order valence-corrected chi connectivity index (χ4v) is 2.97. The maximum absolute atomic E-state index is 12.2. The summed E-state index contributed by atoms with van der Waals surface area (Å²) in [5.74, 6) is -0.573. The third kappa shape index (κ3) is 3.94. The molecular weight excluding hydrogens is 312 g/mol. The van der Waals surface area contributed by atoms with Gasteiger partial charge in [-0.15, -0.1) is 0 Å². The molecule has 1 saturated heterocycles. The van der Waals surface area contributed by atoms with Crippen molar-refractivity contribution in [3.63, 3.8) is 0 Å². The molecule has 0 bridgehead atoms. The van der Waals surface area contributed by atoms with Crippen molar-refractivity contribution in [2.75, 3.05) is 12.4 Å². The molecule has 0 spiro atoms. The molecule has 8 nitrogen and oxygen atoms in total. The molecule has 1 aromatic heterocycles. The monoisotopic (exact) mass is 336 g/mol. The minimum absolute atomic E-state index is 0.0981. The molecule has 1 aromatic rings. The molecule has 1 atom stereocenters. The van der Waals surface area contributed by atoms with Crippen molar-refractivity contribution in [2.24, 2.45) is 5.73 Å². The predicted molar refractivity (Wildman–Crippen MR) is 89.1 cm³/mol. The Bertz CT molecular complexity index is 657. The van der Waals surface area contributed by atoms with Gasteiger partial charge in [-0.25, -0.2) is 9.78 Å². The van der Waals surface area contributed by atoms with Gasteiger partial charge in [-0.3, -0.25) is 4.79 Å². The number of amides is 3. The van der Waals surface area contributed by atoms with Crippen LogP contribution in [0.4, 0.5) is 10.5 Å². The molecule has 24 heavy (non-hydrogen) atoms. The van der Waals surface area contributed by atoms with E-state index in [-0.39, 0.29) is 23.1 Å². The second-order valence-electron chi connectivity index (χ2n) is 6.97. The van der Waals surface area contributed by atoms with Crippen LogP contribution in [-0.2, 0) is 4.74 Å². The van der Waals surface area contributed by atoms with Crippen LogP contribution in [0.2, 0.25) is 0 Å². The lowest BCUT2D eigenvalue weighted by Crippen LogP contribution is -2.47. The number of anilines is 1. The minimum atomic E-state index is -0.685. The highest BCUT2D eigenvalue weighted by molar-refractivity contribution is 5.97. The van der Waals surface area contributed by atoms with Crippen molar-refractivity contribution in [2.45, 2.75) is 51.4 Å². The van der Waals surface area contributed by atoms with Crippen molar-refractivity contribution < 1.29 is 19.1 Å². The lowest BCUT2D eigenvalue weighted by Gasteiger charge is -2.27. The zero-order valence-corrected chi connectivity index (χ0v) is 14.6. The number of ether oxygens (including phenoxy) is 2. The molecule has 1 aliphatic rings. The Balaban J connectivity index is 2.08. The number of nitrogens with one attached hydrogen (secondary N) is 2. The molecular formula is C16H24N4O4. The quantitative estimate of drug-likeness (QED) is 0.773. The molecule has 2 rings (SSSR count). The molecule has 2 heterocycles. The maximum atomic E-state index is 12.2. The molecule has 0 radical (unpaired) electrons. The topological polar surface area (TPSA) is 116 Å². The predicted octanol–water partition coefficient (Wildman–Crippen LogP) is 1.66. The summed E-state index contributed by atoms with van der Waals surface area (Å²) in [5.41, 5.74) is 4.95. The summed E-state index contributed by atoms with van der Waals surface area (Å²) < 4.78 is 10.9. The summed E-state index contributed by atoms with van der Waals surface area (Å²) in [6.07, 6.45) is 2.09. The second-order valence-corrected chi connectivity index (χ2v) is 6.97. The largest absolute Gasteiger partial charge is 0.480 e. The van der Waals surface area contributed by atoms with Crippen molar-refractivity contribution >= 4 is 17.6 Å². The second kappa shape index (κ2) is 6.27. The first-order chi connectivity index (χ1) is 11.0. The highest BCUT2D eigenvalue weighted by atomic mass is 16.5. The third-order valence-corrected chi connectivity index (χ3v) is 3.95. The van der Waals surface area contributed by atoms with E-state index in [4.69, 9.17) is 15.2 Å². The van der Waals surface area contributed by atoms with Crippen LogP contribution >= 0.6 is 0 Å². The van der Waals surface area contributed by atoms with Crippen molar-refractivity contribution in [1.29, 1.82) is 0 Å². The van der Waals surface area contributed by atoms with Gasteiger partial charge < -0.3 is 25.8 Å². The van der Waals surface area contributed by atoms with Gasteiger partial charge in [-0.2, -0.15) is 0 Å². The van der Waals surface area contributed by atoms with Gasteiger partial charge in [-0.1, -0.05) is 0 Å². The number of nitrogens with zero attached hydrogens (tertiary/aromatic N) is 1. The molecule has 1 fully saturated rings. The molecule has 3 amide bonds. The number of primary amides is 1. The first-order valence-electron chi connectivity index (χ1n) is 7.65. The van der Waals surface area contributed by atoms with E-state index in [1.165, 1.54) is 19.4 Å². The Kier molecular flexibility index (Phi) is 4.70. The lowest BCUT2D eigenvalue weighted by molar-refractivity contribution is -0.0689. The molecule has 1 unspecified atom stereocenters. The van der Waals surface area contributed by atoms with Crippen LogP contribution in [0.15, 0.2) is 12.3 Å². The Morgan fingerprint density at radius 3 is 2.54 bits per heavy atom. The number of carbonyl (C=O) groups is 2. The number of nitrogens with two attached hydrogens (primary N) is 1. The molecule has 0 aromatic carbocycles. The number of methoxy groups -OCH3 is 1. The van der Waals surface area contributed by atoms with E-state index < -0.39 is 17.5 Å². The van der Waals surface area contributed by atoms with Crippen molar-refractivity contribution in [3.05, 3.63) is 17.8 Å². The average Bonchev–Trinajstić information content (AvgIpc) is 2.65. The van der Waals surface area contributed by atoms with E-state index in [0.29, 0.717) is 12.1 Å². The fraction of sp³-hybridized carbons (Fsp3) is 0.562. The number of urea groups is 1. The first kappa shape index (κ1) is 18.0. The van der Waals surface area contributed by atoms with Crippen LogP contribution in [0.1, 0.15) is 44.5 Å². The first-order valence-corrected chi connectivity index (χ1v) is 7.65. The molecule has 132 valence electrons. The van der Waals surface area contributed by atoms with Gasteiger partial charge in [0.1, 0.15) is 5.56 Å². The fourth-order valence-electron chi connectivity index (χ4n) is 2.97. The molecule has 4 N–H and O–H groups in total. The van der Waals surface area contributed by atoms with Crippen LogP contribution in [-0.4, -0.2) is 41.3 Å². The highest BCUT2D eigenvalue weighted by Crippen LogP contribution is 2.37. The number of rotatable bonds is 4. The standard InChI is InChI=1S/C16H24N4O4/c1-15(2)7-11(16(3,4)24-15)20-14(22)19-9-6-10(12(17)21)13(23-5)18-8-9/h6,8,11H,7H2,1-5H3,(H2,17,21)(H2,19,20,22). The Labute approximate surface area is 141 Å². The Hall–Kier alpha value is -2.35. The van der Waals surface area contributed by atoms with Gasteiger partial charge in [0.2, 0.25) is 5.88 Å². The van der Waals surface area contributed by atoms with E-state index in [1.807, 2.05) is 27.7 Å². The van der Waals surface area contributed by atoms with E-state index >= 15 is 0 Å². The average molecular weight is 336 g/mol. The van der Waals surface area contributed by atoms with E-state index in [9.17, 15) is 9.59 Å². The molecule has 0 aliphatic carbocycles. The van der Waals surface area contributed by atoms with Gasteiger partial charge in [0.15, 0.2) is 0 Å². The third-order valence-electron chi connectivity index (χ3n) is 3.95. The summed E-state index contributed by atoms with van der Waals surface area (Å²) >= 11 is 0. The summed E-state index contributed by atoms with van der Waals surface area (Å²) in [5, 5.41) is 5.55. The van der Waals surface area contributed by atoms with Crippen LogP contribution in [0.5, 0.6) is 5.88 Å². The van der Waals surface area contributed by atoms with E-state index in [1.54, 1.807) is 0 Å². The van der Waals surface area contributed by atoms with Gasteiger partial charge >= 0.3 is 6.03 Å². The van der Waals surface area contributed by atoms with Crippen molar-refractivity contribution in [1.82, 2.24) is 10.3 Å². The van der Waals surface area contributed by atoms with Gasteiger partial charge in [0, 0.05) is 0 Å². The zero-order chi connectivity index (χ0) is 18.1. The van der Waals surface area contributed by atoms with Crippen LogP contribution in [0, 0.1) is 0 Å². The SMILES string of the molecule is COc1ncc(NC(=O)NC2CC(C)(C)OC2(C)C)cc1C(N)=O. The number of hydrogen-bond acceptors (Lipinski definition) is 5. The minimum Gasteiger partial charge on any atom is -0.480 e. The van der Waals surface area contributed by atoms with Crippen LogP contribution in [0.25, 0.3) is 0 Å². The number of aromatic nitrogens is 1. The molecule has 8 heteroatoms. The number of hydrogen-bond donors (Lipinski definition) is 3. The normalized spacial score (nSPS) is 21.1. The molecule has 0 saturated carbocycles. The zero-order valence-electron chi connectivity index (χ0n) is 14.6. The van der Waals surface area contributed by atoms with E-state index in [2.05, 4.69) is 15.6 Å². The van der Waals surface area contributed by atoms with Crippen LogP contribution < -0.4 is 21.1 Å². The summed E-state index contributed by atoms with van der Waals surface area (Å²) in [6.45, 7) is 7.85. The maximum Gasteiger partial charge on any atom is 0.319 e. The number of carbonyl (C=O) groups excluding carboxylic acids is 2. The Morgan fingerprint density at radius 2 is 2.04 bits per heavy atom. The molecule has 1 aliphatic heterocycles. The smallest absolute Gasteiger partial charge is 0.319 e. The Morgan fingerprint density at radius 1 is 1.38 bits per heavy atom. The van der Waals surface area contributed by atoms with E-state index in [0.717, 1.165) is 0 Å². The summed E-state index contributed by atoms with van der Waals surface area (Å²) in [4.78, 5) is 27.6. The van der Waals surface area contributed by atoms with Gasteiger partial charge in [0.05, 0.1) is 36.2 Å². The van der Waals surface area contributed by atoms with Crippen molar-refractivity contribution in [3.8, 4) is 5.88 Å². The summed E-state index contributed by atoms with van der Waals surface area (Å²) in [6, 6.07) is 0.875. The van der Waals surface area contributed by atoms with Gasteiger partial charge in [0.25, 0.3) is 5.91 Å². The van der Waals surface area contributed by atoms with Crippen LogP contribution in [0.3, 0.4) is 0 Å². The van der Waals surface area contributed by atoms with Gasteiger partial charge in [-0.05, 0) is 40.2 Å². The summed E-state index contributed by atoms with van der Waals surface area (Å²) in [7, 11) is 1.39. The highest BCUT2D eigenvalue weighted by Gasteiger charge is 2.46.